The molecule has 1 aliphatic carbocycles. The molecule has 0 unspecified atom stereocenters. The first-order valence-electron chi connectivity index (χ1n) is 9.76. The van der Waals surface area contributed by atoms with E-state index in [9.17, 15) is 13.2 Å². The molecular formula is C22H24N4O3S. The molecule has 2 heterocycles. The zero-order valence-electron chi connectivity index (χ0n) is 16.9. The minimum absolute atomic E-state index is 0.108. The number of aromatic amines is 1. The summed E-state index contributed by atoms with van der Waals surface area (Å²) < 4.78 is 24.1. The molecular weight excluding hydrogens is 400 g/mol. The third-order valence-electron chi connectivity index (χ3n) is 5.19. The summed E-state index contributed by atoms with van der Waals surface area (Å²) in [6.07, 6.45) is 2.90. The van der Waals surface area contributed by atoms with Crippen LogP contribution in [0.5, 0.6) is 0 Å². The van der Waals surface area contributed by atoms with Crippen LogP contribution in [0.15, 0.2) is 48.7 Å². The molecule has 0 amide bonds. The van der Waals surface area contributed by atoms with Gasteiger partial charge < -0.3 is 10.3 Å². The standard InChI is InChI=1S/C22H24N4O3S/c1-22(2)11-17-19(18(27)12-22)21(25-15-6-4-3-5-7-15)20(26-17)14-8-9-23-16(10-14)13-24-30(28)29/h3-10,25-26,30H,11-13H2,1-2H3,(H,24,28,29). The Balaban J connectivity index is 1.81. The minimum atomic E-state index is -2.70. The van der Waals surface area contributed by atoms with Gasteiger partial charge in [-0.15, -0.1) is 0 Å². The highest BCUT2D eigenvalue weighted by Gasteiger charge is 2.35. The number of carbonyl (C=O) groups excluding carboxylic acids is 1. The number of benzene rings is 1. The Hall–Kier alpha value is -2.97. The summed E-state index contributed by atoms with van der Waals surface area (Å²) in [6, 6.07) is 13.4. The first-order chi connectivity index (χ1) is 14.3. The van der Waals surface area contributed by atoms with E-state index < -0.39 is 10.9 Å². The predicted octanol–water partition coefficient (Wildman–Crippen LogP) is 3.59. The Kier molecular flexibility index (Phi) is 5.44. The number of anilines is 2. The number of fused-ring (bicyclic) bond motifs is 1. The fourth-order valence-corrected chi connectivity index (χ4v) is 4.23. The van der Waals surface area contributed by atoms with Crippen molar-refractivity contribution in [1.29, 1.82) is 0 Å². The van der Waals surface area contributed by atoms with Crippen LogP contribution < -0.4 is 10.0 Å². The van der Waals surface area contributed by atoms with Crippen LogP contribution in [0.4, 0.5) is 11.4 Å². The average molecular weight is 425 g/mol. The maximum Gasteiger partial charge on any atom is 0.201 e. The van der Waals surface area contributed by atoms with Gasteiger partial charge in [-0.1, -0.05) is 32.0 Å². The number of Topliss-reactive ketones (excluding diaryl/α,β-unsaturated/α-hetero) is 1. The van der Waals surface area contributed by atoms with Crippen molar-refractivity contribution in [3.63, 3.8) is 0 Å². The molecule has 0 radical (unpaired) electrons. The van der Waals surface area contributed by atoms with Crippen LogP contribution in [-0.2, 0) is 23.9 Å². The number of rotatable bonds is 6. The van der Waals surface area contributed by atoms with Gasteiger partial charge in [0.1, 0.15) is 0 Å². The highest BCUT2D eigenvalue weighted by Crippen LogP contribution is 2.43. The fourth-order valence-electron chi connectivity index (χ4n) is 3.94. The largest absolute Gasteiger partial charge is 0.356 e. The van der Waals surface area contributed by atoms with Crippen LogP contribution in [-0.4, -0.2) is 24.2 Å². The van der Waals surface area contributed by atoms with Gasteiger partial charge in [0.25, 0.3) is 0 Å². The Morgan fingerprint density at radius 2 is 1.90 bits per heavy atom. The molecule has 8 heteroatoms. The number of ketones is 1. The maximum atomic E-state index is 13.1. The zero-order valence-corrected chi connectivity index (χ0v) is 17.8. The second-order valence-corrected chi connectivity index (χ2v) is 9.12. The fraction of sp³-hybridized carbons (Fsp3) is 0.273. The Morgan fingerprint density at radius 3 is 2.63 bits per heavy atom. The number of nitrogens with zero attached hydrogens (tertiary/aromatic N) is 1. The quantitative estimate of drug-likeness (QED) is 0.453. The first-order valence-corrected chi connectivity index (χ1v) is 10.9. The van der Waals surface area contributed by atoms with Gasteiger partial charge in [-0.05, 0) is 36.1 Å². The van der Waals surface area contributed by atoms with E-state index >= 15 is 0 Å². The molecule has 0 bridgehead atoms. The van der Waals surface area contributed by atoms with Crippen LogP contribution in [0.25, 0.3) is 11.3 Å². The molecule has 0 fully saturated rings. The number of para-hydroxylation sites is 1. The molecule has 7 nitrogen and oxygen atoms in total. The van der Waals surface area contributed by atoms with Gasteiger partial charge in [0.05, 0.1) is 29.2 Å². The van der Waals surface area contributed by atoms with Crippen molar-refractivity contribution < 1.29 is 13.2 Å². The Morgan fingerprint density at radius 1 is 1.13 bits per heavy atom. The lowest BCUT2D eigenvalue weighted by molar-refractivity contribution is 0.0912. The number of nitrogens with one attached hydrogen (secondary N) is 3. The highest BCUT2D eigenvalue weighted by molar-refractivity contribution is 7.70. The monoisotopic (exact) mass is 424 g/mol. The van der Waals surface area contributed by atoms with Crippen LogP contribution in [0.1, 0.15) is 42.0 Å². The molecule has 0 saturated carbocycles. The van der Waals surface area contributed by atoms with Gasteiger partial charge in [0, 0.05) is 29.6 Å². The van der Waals surface area contributed by atoms with Crippen molar-refractivity contribution in [3.8, 4) is 11.3 Å². The topological polar surface area (TPSA) is 104 Å². The lowest BCUT2D eigenvalue weighted by Crippen LogP contribution is -2.26. The van der Waals surface area contributed by atoms with Crippen LogP contribution in [0, 0.1) is 5.41 Å². The van der Waals surface area contributed by atoms with Crippen molar-refractivity contribution in [2.45, 2.75) is 33.2 Å². The van der Waals surface area contributed by atoms with Gasteiger partial charge in [-0.3, -0.25) is 9.78 Å². The van der Waals surface area contributed by atoms with Gasteiger partial charge >= 0.3 is 0 Å². The summed E-state index contributed by atoms with van der Waals surface area (Å²) in [6.45, 7) is 4.30. The summed E-state index contributed by atoms with van der Waals surface area (Å²) in [7, 11) is -2.70. The smallest absolute Gasteiger partial charge is 0.201 e. The van der Waals surface area contributed by atoms with Gasteiger partial charge in [-0.2, -0.15) is 0 Å². The van der Waals surface area contributed by atoms with E-state index in [0.29, 0.717) is 17.7 Å². The number of pyridine rings is 1. The molecule has 0 spiro atoms. The maximum absolute atomic E-state index is 13.1. The number of carbonyl (C=O) groups is 1. The average Bonchev–Trinajstić information content (AvgIpc) is 3.04. The van der Waals surface area contributed by atoms with Gasteiger partial charge in [0.2, 0.25) is 10.9 Å². The molecule has 2 aromatic heterocycles. The molecule has 4 rings (SSSR count). The number of hydrogen-bond acceptors (Lipinski definition) is 5. The third kappa shape index (κ3) is 4.29. The highest BCUT2D eigenvalue weighted by atomic mass is 32.2. The van der Waals surface area contributed by atoms with Crippen molar-refractivity contribution in [3.05, 3.63) is 65.6 Å². The molecule has 1 aromatic carbocycles. The van der Waals surface area contributed by atoms with E-state index in [4.69, 9.17) is 0 Å². The van der Waals surface area contributed by atoms with Crippen LogP contribution in [0.3, 0.4) is 0 Å². The molecule has 0 saturated heterocycles. The second-order valence-electron chi connectivity index (χ2n) is 8.29. The normalized spacial score (nSPS) is 15.2. The van der Waals surface area contributed by atoms with Crippen LogP contribution in [0.2, 0.25) is 0 Å². The lowest BCUT2D eigenvalue weighted by Gasteiger charge is -2.28. The SMILES string of the molecule is CC1(C)CC(=O)c2c([nH]c(-c3ccnc(CN[SH](=O)=O)c3)c2Nc2ccccc2)C1. The van der Waals surface area contributed by atoms with Crippen molar-refractivity contribution in [2.24, 2.45) is 5.41 Å². The van der Waals surface area contributed by atoms with Crippen molar-refractivity contribution in [2.75, 3.05) is 5.32 Å². The number of thiol groups is 1. The molecule has 3 N–H and O–H groups in total. The Labute approximate surface area is 177 Å². The summed E-state index contributed by atoms with van der Waals surface area (Å²) >= 11 is 0. The molecule has 1 aliphatic rings. The lowest BCUT2D eigenvalue weighted by atomic mass is 9.76. The summed E-state index contributed by atoms with van der Waals surface area (Å²) in [5.41, 5.74) is 5.37. The van der Waals surface area contributed by atoms with E-state index in [1.165, 1.54) is 0 Å². The molecule has 30 heavy (non-hydrogen) atoms. The van der Waals surface area contributed by atoms with Crippen molar-refractivity contribution >= 4 is 28.0 Å². The van der Waals surface area contributed by atoms with E-state index in [-0.39, 0.29) is 17.7 Å². The van der Waals surface area contributed by atoms with Crippen LogP contribution >= 0.6 is 0 Å². The van der Waals surface area contributed by atoms with Crippen molar-refractivity contribution in [1.82, 2.24) is 14.7 Å². The van der Waals surface area contributed by atoms with E-state index in [0.717, 1.165) is 34.7 Å². The zero-order chi connectivity index (χ0) is 21.3. The van der Waals surface area contributed by atoms with E-state index in [1.807, 2.05) is 42.5 Å². The number of hydrogen-bond donors (Lipinski definition) is 4. The van der Waals surface area contributed by atoms with E-state index in [1.54, 1.807) is 6.20 Å². The molecule has 0 aliphatic heterocycles. The Bertz CT molecular complexity index is 1160. The number of H-pyrrole nitrogens is 1. The molecule has 3 aromatic rings. The van der Waals surface area contributed by atoms with Gasteiger partial charge in [0.15, 0.2) is 5.78 Å². The van der Waals surface area contributed by atoms with E-state index in [2.05, 4.69) is 33.9 Å². The predicted molar refractivity (Wildman–Crippen MR) is 117 cm³/mol. The van der Waals surface area contributed by atoms with Gasteiger partial charge in [-0.25, -0.2) is 13.1 Å². The second kappa shape index (κ2) is 8.04. The summed E-state index contributed by atoms with van der Waals surface area (Å²) in [5.74, 6) is 0.112. The number of aromatic nitrogens is 2. The first kappa shape index (κ1) is 20.3. The minimum Gasteiger partial charge on any atom is -0.356 e. The third-order valence-corrected chi connectivity index (χ3v) is 5.60. The molecule has 156 valence electrons. The summed E-state index contributed by atoms with van der Waals surface area (Å²) in [5, 5.41) is 3.42. The molecule has 0 atom stereocenters. The summed E-state index contributed by atoms with van der Waals surface area (Å²) in [4.78, 5) is 20.8.